The molecule has 0 spiro atoms. The van der Waals surface area contributed by atoms with Crippen molar-refractivity contribution in [2.75, 3.05) is 5.32 Å². The van der Waals surface area contributed by atoms with Crippen molar-refractivity contribution in [3.63, 3.8) is 0 Å². The Kier molecular flexibility index (Phi) is 8.65. The van der Waals surface area contributed by atoms with E-state index in [1.54, 1.807) is 18.3 Å². The van der Waals surface area contributed by atoms with Gasteiger partial charge in [-0.3, -0.25) is 10.3 Å². The van der Waals surface area contributed by atoms with Gasteiger partial charge >= 0.3 is 12.1 Å². The lowest BCUT2D eigenvalue weighted by atomic mass is 9.82. The number of carbonyl (C=O) groups excluding carboxylic acids is 1. The van der Waals surface area contributed by atoms with Crippen LogP contribution in [-0.2, 0) is 20.9 Å². The molecule has 1 fully saturated rings. The number of ether oxygens (including phenoxy) is 3. The van der Waals surface area contributed by atoms with Gasteiger partial charge in [-0.25, -0.2) is 9.59 Å². The molecule has 1 amide bonds. The molecule has 0 atom stereocenters. The number of carboxylic acids is 1. The molecule has 1 heterocycles. The highest BCUT2D eigenvalue weighted by molar-refractivity contribution is 5.85. The number of hydrogen-bond donors (Lipinski definition) is 2. The topological polar surface area (TPSA) is 107 Å². The standard InChI is InChI=1S/C26H32N2O6/c1-26(2,3)34-25(31)28-21-8-6-15-27-22(21)17-33-19-12-10-18(11-13-19)20-7-4-5-9-23(20)32-16-14-24(29)30/h4-9,14-16,18-19H,10-13,17H2,1-3H3,(H,28,31)(H,29,30)/b16-14+. The molecule has 8 nitrogen and oxygen atoms in total. The van der Waals surface area contributed by atoms with Crippen molar-refractivity contribution in [3.8, 4) is 5.75 Å². The first kappa shape index (κ1) is 25.2. The van der Waals surface area contributed by atoms with Crippen LogP contribution in [0, 0.1) is 0 Å². The molecule has 182 valence electrons. The van der Waals surface area contributed by atoms with E-state index in [4.69, 9.17) is 19.3 Å². The van der Waals surface area contributed by atoms with Crippen LogP contribution in [0.5, 0.6) is 5.75 Å². The summed E-state index contributed by atoms with van der Waals surface area (Å²) in [7, 11) is 0. The third-order valence-electron chi connectivity index (χ3n) is 5.42. The Morgan fingerprint density at radius 1 is 1.12 bits per heavy atom. The maximum Gasteiger partial charge on any atom is 0.412 e. The van der Waals surface area contributed by atoms with Crippen molar-refractivity contribution in [3.05, 3.63) is 66.2 Å². The van der Waals surface area contributed by atoms with Crippen LogP contribution in [0.4, 0.5) is 10.5 Å². The van der Waals surface area contributed by atoms with E-state index in [2.05, 4.69) is 10.3 Å². The average Bonchev–Trinajstić information content (AvgIpc) is 2.78. The molecular weight excluding hydrogens is 436 g/mol. The molecule has 34 heavy (non-hydrogen) atoms. The van der Waals surface area contributed by atoms with Crippen LogP contribution in [0.1, 0.15) is 63.6 Å². The number of hydrogen-bond acceptors (Lipinski definition) is 6. The van der Waals surface area contributed by atoms with Crippen LogP contribution in [0.15, 0.2) is 54.9 Å². The molecule has 1 aliphatic carbocycles. The fourth-order valence-corrected chi connectivity index (χ4v) is 3.91. The number of pyridine rings is 1. The van der Waals surface area contributed by atoms with Crippen molar-refractivity contribution in [2.45, 2.75) is 70.7 Å². The molecule has 1 aliphatic rings. The number of aliphatic carboxylic acids is 1. The number of para-hydroxylation sites is 1. The lowest BCUT2D eigenvalue weighted by molar-refractivity contribution is -0.131. The predicted molar refractivity (Wildman–Crippen MR) is 128 cm³/mol. The van der Waals surface area contributed by atoms with Crippen LogP contribution >= 0.6 is 0 Å². The summed E-state index contributed by atoms with van der Waals surface area (Å²) in [5, 5.41) is 11.5. The van der Waals surface area contributed by atoms with E-state index in [9.17, 15) is 9.59 Å². The quantitative estimate of drug-likeness (QED) is 0.381. The second-order valence-electron chi connectivity index (χ2n) is 9.21. The fourth-order valence-electron chi connectivity index (χ4n) is 3.91. The molecule has 0 bridgehead atoms. The minimum absolute atomic E-state index is 0.0904. The summed E-state index contributed by atoms with van der Waals surface area (Å²) < 4.78 is 17.0. The van der Waals surface area contributed by atoms with E-state index in [0.717, 1.165) is 37.3 Å². The molecule has 1 aromatic heterocycles. The highest BCUT2D eigenvalue weighted by atomic mass is 16.6. The molecule has 3 rings (SSSR count). The van der Waals surface area contributed by atoms with Gasteiger partial charge in [-0.05, 0) is 76.1 Å². The van der Waals surface area contributed by atoms with Gasteiger partial charge in [0.1, 0.15) is 11.4 Å². The first-order chi connectivity index (χ1) is 16.2. The van der Waals surface area contributed by atoms with Gasteiger partial charge in [0.15, 0.2) is 0 Å². The van der Waals surface area contributed by atoms with Gasteiger partial charge in [-0.15, -0.1) is 0 Å². The number of carboxylic acid groups (broad SMARTS) is 1. The van der Waals surface area contributed by atoms with E-state index >= 15 is 0 Å². The summed E-state index contributed by atoms with van der Waals surface area (Å²) in [6.45, 7) is 5.73. The third kappa shape index (κ3) is 7.88. The summed E-state index contributed by atoms with van der Waals surface area (Å²) in [6.07, 6.45) is 7.03. The summed E-state index contributed by atoms with van der Waals surface area (Å²) in [5.74, 6) is -0.0586. The van der Waals surface area contributed by atoms with Crippen molar-refractivity contribution in [1.29, 1.82) is 0 Å². The fraction of sp³-hybridized carbons (Fsp3) is 0.423. The summed E-state index contributed by atoms with van der Waals surface area (Å²) >= 11 is 0. The van der Waals surface area contributed by atoms with Crippen LogP contribution in [0.2, 0.25) is 0 Å². The minimum atomic E-state index is -1.05. The lowest BCUT2D eigenvalue weighted by Crippen LogP contribution is -2.27. The SMILES string of the molecule is CC(C)(C)OC(=O)Nc1cccnc1COC1CCC(c2ccccc2O/C=C/C(=O)O)CC1. The first-order valence-electron chi connectivity index (χ1n) is 11.4. The number of anilines is 1. The summed E-state index contributed by atoms with van der Waals surface area (Å²) in [5.41, 5.74) is 1.72. The van der Waals surface area contributed by atoms with Gasteiger partial charge in [0, 0.05) is 6.20 Å². The van der Waals surface area contributed by atoms with E-state index in [1.807, 2.05) is 45.0 Å². The molecule has 0 saturated heterocycles. The number of rotatable bonds is 8. The average molecular weight is 469 g/mol. The maximum atomic E-state index is 12.1. The molecule has 1 saturated carbocycles. The maximum absolute atomic E-state index is 12.1. The zero-order valence-electron chi connectivity index (χ0n) is 19.8. The number of nitrogens with one attached hydrogen (secondary N) is 1. The second kappa shape index (κ2) is 11.7. The van der Waals surface area contributed by atoms with Crippen molar-refractivity contribution >= 4 is 17.7 Å². The highest BCUT2D eigenvalue weighted by Crippen LogP contribution is 2.38. The molecule has 0 unspecified atom stereocenters. The van der Waals surface area contributed by atoms with Crippen LogP contribution < -0.4 is 10.1 Å². The number of nitrogens with zero attached hydrogens (tertiary/aromatic N) is 1. The zero-order valence-corrected chi connectivity index (χ0v) is 19.8. The van der Waals surface area contributed by atoms with Crippen LogP contribution in [0.25, 0.3) is 0 Å². The number of carbonyl (C=O) groups is 2. The number of amides is 1. The van der Waals surface area contributed by atoms with Crippen LogP contribution in [0.3, 0.4) is 0 Å². The lowest BCUT2D eigenvalue weighted by Gasteiger charge is -2.29. The van der Waals surface area contributed by atoms with Gasteiger partial charge in [0.2, 0.25) is 0 Å². The molecule has 1 aromatic carbocycles. The monoisotopic (exact) mass is 468 g/mol. The van der Waals surface area contributed by atoms with Gasteiger partial charge in [-0.2, -0.15) is 0 Å². The van der Waals surface area contributed by atoms with Gasteiger partial charge in [0.25, 0.3) is 0 Å². The molecule has 0 radical (unpaired) electrons. The van der Waals surface area contributed by atoms with Crippen molar-refractivity contribution < 1.29 is 28.9 Å². The first-order valence-corrected chi connectivity index (χ1v) is 11.4. The van der Waals surface area contributed by atoms with Crippen molar-refractivity contribution in [2.24, 2.45) is 0 Å². The number of aromatic nitrogens is 1. The van der Waals surface area contributed by atoms with Gasteiger partial charge in [-0.1, -0.05) is 18.2 Å². The minimum Gasteiger partial charge on any atom is -0.478 e. The molecule has 2 aromatic rings. The molecule has 2 N–H and O–H groups in total. The van der Waals surface area contributed by atoms with Gasteiger partial charge < -0.3 is 19.3 Å². The molecular formula is C26H32N2O6. The second-order valence-corrected chi connectivity index (χ2v) is 9.21. The third-order valence-corrected chi connectivity index (χ3v) is 5.42. The largest absolute Gasteiger partial charge is 0.478 e. The predicted octanol–water partition coefficient (Wildman–Crippen LogP) is 5.65. The Morgan fingerprint density at radius 2 is 1.85 bits per heavy atom. The Labute approximate surface area is 199 Å². The normalized spacial score (nSPS) is 18.4. The molecule has 8 heteroatoms. The van der Waals surface area contributed by atoms with E-state index in [0.29, 0.717) is 29.7 Å². The summed E-state index contributed by atoms with van der Waals surface area (Å²) in [4.78, 5) is 27.2. The molecule has 0 aliphatic heterocycles. The highest BCUT2D eigenvalue weighted by Gasteiger charge is 2.25. The Bertz CT molecular complexity index is 1010. The van der Waals surface area contributed by atoms with E-state index < -0.39 is 17.7 Å². The summed E-state index contributed by atoms with van der Waals surface area (Å²) in [6, 6.07) is 11.3. The van der Waals surface area contributed by atoms with E-state index in [1.165, 1.54) is 6.26 Å². The van der Waals surface area contributed by atoms with E-state index in [-0.39, 0.29) is 6.10 Å². The van der Waals surface area contributed by atoms with Crippen LogP contribution in [-0.4, -0.2) is 33.9 Å². The Hall–Kier alpha value is -3.39. The Morgan fingerprint density at radius 3 is 2.56 bits per heavy atom. The van der Waals surface area contributed by atoms with Crippen molar-refractivity contribution in [1.82, 2.24) is 4.98 Å². The zero-order chi connectivity index (χ0) is 24.6. The number of benzene rings is 1. The Balaban J connectivity index is 1.53. The smallest absolute Gasteiger partial charge is 0.412 e. The van der Waals surface area contributed by atoms with Gasteiger partial charge in [0.05, 0.1) is 36.4 Å².